The first-order valence-corrected chi connectivity index (χ1v) is 6.31. The number of aliphatic hydroxyl groups excluding tert-OH is 1. The van der Waals surface area contributed by atoms with Gasteiger partial charge in [0.25, 0.3) is 0 Å². The molecule has 16 heavy (non-hydrogen) atoms. The molecule has 94 valence electrons. The zero-order valence-electron chi connectivity index (χ0n) is 10.4. The molecule has 4 heteroatoms. The van der Waals surface area contributed by atoms with Gasteiger partial charge >= 0.3 is 0 Å². The first-order chi connectivity index (χ1) is 7.66. The maximum absolute atomic E-state index is 12.2. The molecule has 1 heterocycles. The molecule has 0 aromatic carbocycles. The van der Waals surface area contributed by atoms with E-state index in [0.717, 1.165) is 19.4 Å². The Hall–Kier alpha value is -0.610. The van der Waals surface area contributed by atoms with Crippen LogP contribution in [-0.4, -0.2) is 47.7 Å². The molecule has 0 aromatic rings. The van der Waals surface area contributed by atoms with Gasteiger partial charge in [-0.2, -0.15) is 0 Å². The lowest BCUT2D eigenvalue weighted by Gasteiger charge is -2.32. The van der Waals surface area contributed by atoms with Crippen LogP contribution in [0, 0.1) is 0 Å². The average Bonchev–Trinajstić information content (AvgIpc) is 2.30. The Kier molecular flexibility index (Phi) is 5.77. The van der Waals surface area contributed by atoms with Crippen LogP contribution in [0.25, 0.3) is 0 Å². The molecule has 4 nitrogen and oxygen atoms in total. The highest BCUT2D eigenvalue weighted by Crippen LogP contribution is 2.12. The summed E-state index contributed by atoms with van der Waals surface area (Å²) in [4.78, 5) is 14.1. The van der Waals surface area contributed by atoms with Crippen LogP contribution >= 0.6 is 0 Å². The van der Waals surface area contributed by atoms with Crippen molar-refractivity contribution in [2.24, 2.45) is 0 Å². The zero-order valence-corrected chi connectivity index (χ0v) is 10.4. The van der Waals surface area contributed by atoms with Gasteiger partial charge in [-0.05, 0) is 39.7 Å². The second kappa shape index (κ2) is 6.86. The van der Waals surface area contributed by atoms with Crippen molar-refractivity contribution < 1.29 is 9.90 Å². The number of nitrogens with zero attached hydrogens (tertiary/aromatic N) is 1. The van der Waals surface area contributed by atoms with E-state index in [4.69, 9.17) is 5.11 Å². The third kappa shape index (κ3) is 3.76. The van der Waals surface area contributed by atoms with Crippen molar-refractivity contribution in [3.8, 4) is 0 Å². The van der Waals surface area contributed by atoms with E-state index in [1.54, 1.807) is 0 Å². The summed E-state index contributed by atoms with van der Waals surface area (Å²) < 4.78 is 0. The number of piperidine rings is 1. The van der Waals surface area contributed by atoms with Gasteiger partial charge in [0, 0.05) is 19.2 Å². The van der Waals surface area contributed by atoms with Crippen LogP contribution < -0.4 is 5.32 Å². The molecule has 0 aromatic heterocycles. The van der Waals surface area contributed by atoms with Gasteiger partial charge in [0.1, 0.15) is 0 Å². The Labute approximate surface area is 98.0 Å². The van der Waals surface area contributed by atoms with Crippen molar-refractivity contribution in [2.45, 2.75) is 51.6 Å². The fraction of sp³-hybridized carbons (Fsp3) is 0.917. The molecule has 1 aliphatic rings. The third-order valence-electron chi connectivity index (χ3n) is 3.07. The molecular weight excluding hydrogens is 204 g/mol. The van der Waals surface area contributed by atoms with Crippen LogP contribution in [0.15, 0.2) is 0 Å². The summed E-state index contributed by atoms with van der Waals surface area (Å²) in [6, 6.07) is 0.206. The lowest BCUT2D eigenvalue weighted by Crippen LogP contribution is -2.51. The summed E-state index contributed by atoms with van der Waals surface area (Å²) in [5.41, 5.74) is 0. The van der Waals surface area contributed by atoms with Crippen LogP contribution in [0.4, 0.5) is 0 Å². The monoisotopic (exact) mass is 228 g/mol. The van der Waals surface area contributed by atoms with E-state index >= 15 is 0 Å². The van der Waals surface area contributed by atoms with E-state index in [0.29, 0.717) is 13.0 Å². The van der Waals surface area contributed by atoms with Crippen molar-refractivity contribution in [1.29, 1.82) is 0 Å². The summed E-state index contributed by atoms with van der Waals surface area (Å²) >= 11 is 0. The number of amides is 1. The summed E-state index contributed by atoms with van der Waals surface area (Å²) in [5, 5.41) is 12.1. The first kappa shape index (κ1) is 13.5. The van der Waals surface area contributed by atoms with Gasteiger partial charge in [0.05, 0.1) is 6.04 Å². The zero-order chi connectivity index (χ0) is 12.0. The smallest absolute Gasteiger partial charge is 0.239 e. The second-order valence-corrected chi connectivity index (χ2v) is 4.71. The fourth-order valence-electron chi connectivity index (χ4n) is 2.13. The van der Waals surface area contributed by atoms with Crippen molar-refractivity contribution in [3.05, 3.63) is 0 Å². The number of carbonyl (C=O) groups is 1. The van der Waals surface area contributed by atoms with Gasteiger partial charge in [-0.3, -0.25) is 4.79 Å². The lowest BCUT2D eigenvalue weighted by atomic mass is 10.0. The fourth-order valence-corrected chi connectivity index (χ4v) is 2.13. The minimum absolute atomic E-state index is 0.00478. The highest BCUT2D eigenvalue weighted by molar-refractivity contribution is 5.82. The maximum atomic E-state index is 12.2. The van der Waals surface area contributed by atoms with Gasteiger partial charge < -0.3 is 15.3 Å². The molecule has 1 aliphatic heterocycles. The maximum Gasteiger partial charge on any atom is 0.239 e. The molecule has 0 radical (unpaired) electrons. The predicted octanol–water partition coefficient (Wildman–Crippen LogP) is 0.748. The van der Waals surface area contributed by atoms with E-state index in [1.807, 2.05) is 18.7 Å². The topological polar surface area (TPSA) is 52.6 Å². The molecule has 0 saturated carbocycles. The highest BCUT2D eigenvalue weighted by atomic mass is 16.3. The molecule has 0 aliphatic carbocycles. The van der Waals surface area contributed by atoms with E-state index in [1.165, 1.54) is 6.42 Å². The van der Waals surface area contributed by atoms with Crippen LogP contribution in [0.5, 0.6) is 0 Å². The molecule has 0 spiro atoms. The summed E-state index contributed by atoms with van der Waals surface area (Å²) in [7, 11) is 0. The van der Waals surface area contributed by atoms with Gasteiger partial charge in [-0.25, -0.2) is 0 Å². The van der Waals surface area contributed by atoms with E-state index in [9.17, 15) is 4.79 Å². The van der Waals surface area contributed by atoms with Crippen molar-refractivity contribution in [2.75, 3.05) is 19.7 Å². The minimum Gasteiger partial charge on any atom is -0.396 e. The van der Waals surface area contributed by atoms with Crippen LogP contribution in [0.2, 0.25) is 0 Å². The molecule has 0 bridgehead atoms. The molecular formula is C12H24N2O2. The number of carbonyl (C=O) groups excluding carboxylic acids is 1. The molecule has 1 amide bonds. The molecule has 2 N–H and O–H groups in total. The van der Waals surface area contributed by atoms with Crippen LogP contribution in [0.3, 0.4) is 0 Å². The molecule has 1 atom stereocenters. The molecule has 1 saturated heterocycles. The number of hydrogen-bond donors (Lipinski definition) is 2. The quantitative estimate of drug-likeness (QED) is 0.730. The van der Waals surface area contributed by atoms with Gasteiger partial charge in [-0.15, -0.1) is 0 Å². The van der Waals surface area contributed by atoms with Gasteiger partial charge in [0.15, 0.2) is 0 Å². The van der Waals surface area contributed by atoms with Crippen LogP contribution in [-0.2, 0) is 4.79 Å². The second-order valence-electron chi connectivity index (χ2n) is 4.71. The third-order valence-corrected chi connectivity index (χ3v) is 3.07. The van der Waals surface area contributed by atoms with Crippen molar-refractivity contribution in [3.63, 3.8) is 0 Å². The summed E-state index contributed by atoms with van der Waals surface area (Å²) in [5.74, 6) is 0.197. The normalized spacial score (nSPS) is 21.1. The van der Waals surface area contributed by atoms with Crippen LogP contribution in [0.1, 0.15) is 39.5 Å². The lowest BCUT2D eigenvalue weighted by molar-refractivity contribution is -0.135. The Bertz CT molecular complexity index is 213. The Morgan fingerprint density at radius 2 is 2.25 bits per heavy atom. The molecule has 1 fully saturated rings. The Morgan fingerprint density at radius 1 is 1.50 bits per heavy atom. The van der Waals surface area contributed by atoms with E-state index in [2.05, 4.69) is 5.32 Å². The predicted molar refractivity (Wildman–Crippen MR) is 64.2 cm³/mol. The summed E-state index contributed by atoms with van der Waals surface area (Å²) in [6.45, 7) is 5.80. The Balaban J connectivity index is 2.51. The van der Waals surface area contributed by atoms with E-state index < -0.39 is 0 Å². The van der Waals surface area contributed by atoms with Crippen molar-refractivity contribution >= 4 is 5.91 Å². The SMILES string of the molecule is CC(C)N(CCCO)C(=O)[C@@H]1CCCCN1. The average molecular weight is 228 g/mol. The van der Waals surface area contributed by atoms with Gasteiger partial charge in [-0.1, -0.05) is 6.42 Å². The largest absolute Gasteiger partial charge is 0.396 e. The summed E-state index contributed by atoms with van der Waals surface area (Å²) in [6.07, 6.45) is 3.91. The van der Waals surface area contributed by atoms with Gasteiger partial charge in [0.2, 0.25) is 5.91 Å². The van der Waals surface area contributed by atoms with E-state index in [-0.39, 0.29) is 24.6 Å². The number of nitrogens with one attached hydrogen (secondary N) is 1. The first-order valence-electron chi connectivity index (χ1n) is 6.31. The Morgan fingerprint density at radius 3 is 2.75 bits per heavy atom. The number of rotatable bonds is 5. The number of hydrogen-bond acceptors (Lipinski definition) is 3. The molecule has 1 rings (SSSR count). The highest BCUT2D eigenvalue weighted by Gasteiger charge is 2.26. The standard InChI is InChI=1S/C12H24N2O2/c1-10(2)14(8-5-9-15)12(16)11-6-3-4-7-13-11/h10-11,13,15H,3-9H2,1-2H3/t11-/m0/s1. The molecule has 0 unspecified atom stereocenters. The number of aliphatic hydroxyl groups is 1. The van der Waals surface area contributed by atoms with Crippen molar-refractivity contribution in [1.82, 2.24) is 10.2 Å². The minimum atomic E-state index is -0.00478.